The van der Waals surface area contributed by atoms with E-state index in [0.29, 0.717) is 21.8 Å². The van der Waals surface area contributed by atoms with Crippen molar-refractivity contribution in [1.82, 2.24) is 5.16 Å². The molecule has 96 valence electrons. The maximum Gasteiger partial charge on any atom is 0.413 e. The van der Waals surface area contributed by atoms with Crippen LogP contribution in [0.2, 0.25) is 5.02 Å². The lowest BCUT2D eigenvalue weighted by Gasteiger charge is -2.19. The number of anilines is 1. The van der Waals surface area contributed by atoms with Crippen LogP contribution in [0.1, 0.15) is 20.8 Å². The van der Waals surface area contributed by atoms with Crippen molar-refractivity contribution >= 4 is 34.5 Å². The van der Waals surface area contributed by atoms with Crippen LogP contribution in [0.3, 0.4) is 0 Å². The molecular formula is C12H13ClN2O3. The maximum absolute atomic E-state index is 11.6. The van der Waals surface area contributed by atoms with Gasteiger partial charge in [0.25, 0.3) is 0 Å². The van der Waals surface area contributed by atoms with E-state index < -0.39 is 11.7 Å². The predicted octanol–water partition coefficient (Wildman–Crippen LogP) is 3.83. The van der Waals surface area contributed by atoms with Gasteiger partial charge in [0.15, 0.2) is 11.4 Å². The summed E-state index contributed by atoms with van der Waals surface area (Å²) in [4.78, 5) is 11.6. The number of nitrogens with one attached hydrogen (secondary N) is 1. The van der Waals surface area contributed by atoms with Crippen LogP contribution in [-0.2, 0) is 4.74 Å². The van der Waals surface area contributed by atoms with Crippen molar-refractivity contribution in [2.75, 3.05) is 5.32 Å². The topological polar surface area (TPSA) is 64.4 Å². The van der Waals surface area contributed by atoms with Crippen molar-refractivity contribution in [2.45, 2.75) is 26.4 Å². The van der Waals surface area contributed by atoms with E-state index in [9.17, 15) is 4.79 Å². The zero-order valence-electron chi connectivity index (χ0n) is 10.3. The van der Waals surface area contributed by atoms with Gasteiger partial charge in [-0.05, 0) is 39.0 Å². The fraction of sp³-hybridized carbons (Fsp3) is 0.333. The predicted molar refractivity (Wildman–Crippen MR) is 68.9 cm³/mol. The van der Waals surface area contributed by atoms with E-state index in [0.717, 1.165) is 0 Å². The lowest BCUT2D eigenvalue weighted by molar-refractivity contribution is 0.0635. The summed E-state index contributed by atoms with van der Waals surface area (Å²) in [5, 5.41) is 7.46. The Labute approximate surface area is 109 Å². The highest BCUT2D eigenvalue weighted by Gasteiger charge is 2.18. The first-order valence-corrected chi connectivity index (χ1v) is 5.78. The van der Waals surface area contributed by atoms with Crippen LogP contribution >= 0.6 is 11.6 Å². The molecule has 0 bridgehead atoms. The number of carbonyl (C=O) groups is 1. The lowest BCUT2D eigenvalue weighted by Crippen LogP contribution is -2.27. The Morgan fingerprint density at radius 3 is 2.83 bits per heavy atom. The molecule has 0 unspecified atom stereocenters. The van der Waals surface area contributed by atoms with E-state index in [2.05, 4.69) is 10.5 Å². The molecule has 0 aliphatic rings. The molecule has 0 fully saturated rings. The van der Waals surface area contributed by atoms with Crippen molar-refractivity contribution in [2.24, 2.45) is 0 Å². The first kappa shape index (κ1) is 12.7. The summed E-state index contributed by atoms with van der Waals surface area (Å²) in [6.45, 7) is 5.35. The van der Waals surface area contributed by atoms with E-state index in [1.165, 1.54) is 0 Å². The number of fused-ring (bicyclic) bond motifs is 1. The average Bonchev–Trinajstić information content (AvgIpc) is 2.58. The van der Waals surface area contributed by atoms with Crippen molar-refractivity contribution in [1.29, 1.82) is 0 Å². The van der Waals surface area contributed by atoms with Crippen molar-refractivity contribution in [3.8, 4) is 0 Å². The van der Waals surface area contributed by atoms with Crippen molar-refractivity contribution < 1.29 is 14.1 Å². The molecule has 1 heterocycles. The molecule has 0 saturated heterocycles. The Hall–Kier alpha value is -1.75. The number of hydrogen-bond donors (Lipinski definition) is 1. The van der Waals surface area contributed by atoms with Gasteiger partial charge in [0.05, 0.1) is 5.39 Å². The van der Waals surface area contributed by atoms with Gasteiger partial charge in [-0.15, -0.1) is 0 Å². The van der Waals surface area contributed by atoms with Gasteiger partial charge in [-0.2, -0.15) is 0 Å². The van der Waals surface area contributed by atoms with E-state index in [4.69, 9.17) is 20.9 Å². The minimum absolute atomic E-state index is 0.293. The van der Waals surface area contributed by atoms with Gasteiger partial charge >= 0.3 is 6.09 Å². The fourth-order valence-electron chi connectivity index (χ4n) is 1.40. The molecule has 1 aromatic carbocycles. The van der Waals surface area contributed by atoms with Crippen LogP contribution in [0.5, 0.6) is 0 Å². The van der Waals surface area contributed by atoms with Crippen LogP contribution in [-0.4, -0.2) is 16.9 Å². The number of amides is 1. The van der Waals surface area contributed by atoms with Crippen LogP contribution in [0.25, 0.3) is 11.0 Å². The molecule has 1 amide bonds. The van der Waals surface area contributed by atoms with Gasteiger partial charge in [0.2, 0.25) is 0 Å². The second-order valence-electron chi connectivity index (χ2n) is 4.80. The molecular weight excluding hydrogens is 256 g/mol. The lowest BCUT2D eigenvalue weighted by atomic mass is 10.2. The largest absolute Gasteiger partial charge is 0.444 e. The number of rotatable bonds is 1. The Morgan fingerprint density at radius 1 is 1.44 bits per heavy atom. The molecule has 0 saturated carbocycles. The molecule has 1 N–H and O–H groups in total. The zero-order valence-corrected chi connectivity index (χ0v) is 11.0. The smallest absolute Gasteiger partial charge is 0.413 e. The molecule has 2 aromatic rings. The van der Waals surface area contributed by atoms with Crippen LogP contribution < -0.4 is 5.32 Å². The Balaban J connectivity index is 2.22. The highest BCUT2D eigenvalue weighted by Crippen LogP contribution is 2.26. The summed E-state index contributed by atoms with van der Waals surface area (Å²) in [6, 6.07) is 5.04. The molecule has 0 radical (unpaired) electrons. The molecule has 0 aliphatic carbocycles. The van der Waals surface area contributed by atoms with E-state index in [1.807, 2.05) is 0 Å². The number of benzene rings is 1. The number of hydrogen-bond acceptors (Lipinski definition) is 4. The normalized spacial score (nSPS) is 11.6. The summed E-state index contributed by atoms with van der Waals surface area (Å²) in [7, 11) is 0. The van der Waals surface area contributed by atoms with E-state index in [-0.39, 0.29) is 0 Å². The highest BCUT2D eigenvalue weighted by molar-refractivity contribution is 6.31. The monoisotopic (exact) mass is 268 g/mol. The summed E-state index contributed by atoms with van der Waals surface area (Å²) >= 11 is 5.88. The summed E-state index contributed by atoms with van der Waals surface area (Å²) < 4.78 is 10.2. The van der Waals surface area contributed by atoms with Gasteiger partial charge in [0, 0.05) is 5.02 Å². The van der Waals surface area contributed by atoms with Crippen LogP contribution in [0.15, 0.2) is 22.7 Å². The van der Waals surface area contributed by atoms with Gasteiger partial charge in [-0.1, -0.05) is 16.8 Å². The Kier molecular flexibility index (Phi) is 3.17. The Morgan fingerprint density at radius 2 is 2.17 bits per heavy atom. The second-order valence-corrected chi connectivity index (χ2v) is 5.23. The van der Waals surface area contributed by atoms with Gasteiger partial charge in [0.1, 0.15) is 5.60 Å². The summed E-state index contributed by atoms with van der Waals surface area (Å²) in [5.74, 6) is 0.293. The standard InChI is InChI=1S/C12H13ClN2O3/c1-12(2,3)17-11(16)14-10-8-6-7(13)4-5-9(8)18-15-10/h4-6H,1-3H3,(H,14,15,16). The molecule has 0 atom stereocenters. The first-order valence-electron chi connectivity index (χ1n) is 5.40. The average molecular weight is 269 g/mol. The molecule has 1 aromatic heterocycles. The van der Waals surface area contributed by atoms with Crippen molar-refractivity contribution in [3.05, 3.63) is 23.2 Å². The molecule has 0 spiro atoms. The van der Waals surface area contributed by atoms with E-state index >= 15 is 0 Å². The molecule has 18 heavy (non-hydrogen) atoms. The van der Waals surface area contributed by atoms with Crippen molar-refractivity contribution in [3.63, 3.8) is 0 Å². The number of halogens is 1. The van der Waals surface area contributed by atoms with Crippen LogP contribution in [0, 0.1) is 0 Å². The third-order valence-electron chi connectivity index (χ3n) is 2.05. The van der Waals surface area contributed by atoms with Gasteiger partial charge in [-0.3, -0.25) is 5.32 Å². The maximum atomic E-state index is 11.6. The molecule has 2 rings (SSSR count). The third-order valence-corrected chi connectivity index (χ3v) is 2.29. The Bertz CT molecular complexity index is 587. The number of nitrogens with zero attached hydrogens (tertiary/aromatic N) is 1. The molecule has 5 nitrogen and oxygen atoms in total. The van der Waals surface area contributed by atoms with Gasteiger partial charge in [-0.25, -0.2) is 4.79 Å². The minimum Gasteiger partial charge on any atom is -0.444 e. The number of ether oxygens (including phenoxy) is 1. The van der Waals surface area contributed by atoms with E-state index in [1.54, 1.807) is 39.0 Å². The SMILES string of the molecule is CC(C)(C)OC(=O)Nc1noc2ccc(Cl)cc12. The number of aromatic nitrogens is 1. The second kappa shape index (κ2) is 4.49. The minimum atomic E-state index is -0.585. The fourth-order valence-corrected chi connectivity index (χ4v) is 1.57. The first-order chi connectivity index (χ1) is 8.35. The third kappa shape index (κ3) is 2.92. The summed E-state index contributed by atoms with van der Waals surface area (Å²) in [5.41, 5.74) is -0.0215. The zero-order chi connectivity index (χ0) is 13.3. The highest BCUT2D eigenvalue weighted by atomic mass is 35.5. The van der Waals surface area contributed by atoms with Gasteiger partial charge < -0.3 is 9.26 Å². The summed E-state index contributed by atoms with van der Waals surface area (Å²) in [6.07, 6.45) is -0.585. The molecule has 0 aliphatic heterocycles. The van der Waals surface area contributed by atoms with Crippen LogP contribution in [0.4, 0.5) is 10.6 Å². The number of carbonyl (C=O) groups excluding carboxylic acids is 1. The molecule has 6 heteroatoms. The quantitative estimate of drug-likeness (QED) is 0.854.